The van der Waals surface area contributed by atoms with Crippen LogP contribution in [0.5, 0.6) is 0 Å². The molecule has 4 heterocycles. The Balaban J connectivity index is 1.39. The van der Waals surface area contributed by atoms with E-state index in [2.05, 4.69) is 18.2 Å². The highest BCUT2D eigenvalue weighted by Crippen LogP contribution is 2.61. The second kappa shape index (κ2) is 10.5. The number of thioether (sulfide) groups is 1. The number of carbonyl (C=O) groups excluding carboxylic acids is 3. The zero-order valence-corrected chi connectivity index (χ0v) is 23.1. The number of fused-ring (bicyclic) bond motifs is 3. The Morgan fingerprint density at radius 3 is 2.54 bits per heavy atom. The van der Waals surface area contributed by atoms with E-state index in [0.29, 0.717) is 19.6 Å². The van der Waals surface area contributed by atoms with Crippen LogP contribution < -0.4 is 4.90 Å². The van der Waals surface area contributed by atoms with Gasteiger partial charge in [-0.1, -0.05) is 67.5 Å². The number of likely N-dealkylation sites (tertiary alicyclic amines) is 1. The van der Waals surface area contributed by atoms with Crippen molar-refractivity contribution in [3.8, 4) is 0 Å². The fourth-order valence-electron chi connectivity index (χ4n) is 6.83. The van der Waals surface area contributed by atoms with Crippen molar-refractivity contribution in [2.45, 2.75) is 41.7 Å². The SMILES string of the molecule is CN1CC=C[C@@H]2S[C@]34C=CCN(c5ccc6ccccc6c5)C(=O)C3N(CCCCCCO)C(=O)[C@@H]4[C@@H]2C1=O. The van der Waals surface area contributed by atoms with E-state index in [1.54, 1.807) is 33.5 Å². The first-order chi connectivity index (χ1) is 19.0. The first kappa shape index (κ1) is 26.1. The number of carbonyl (C=O) groups is 3. The zero-order chi connectivity index (χ0) is 27.1. The summed E-state index contributed by atoms with van der Waals surface area (Å²) in [6.45, 7) is 1.57. The number of hydrogen-bond donors (Lipinski definition) is 1. The molecule has 39 heavy (non-hydrogen) atoms. The molecule has 0 aromatic heterocycles. The third-order valence-electron chi connectivity index (χ3n) is 8.71. The largest absolute Gasteiger partial charge is 0.396 e. The highest BCUT2D eigenvalue weighted by molar-refractivity contribution is 8.02. The van der Waals surface area contributed by atoms with Crippen LogP contribution in [0, 0.1) is 11.8 Å². The lowest BCUT2D eigenvalue weighted by Crippen LogP contribution is -2.53. The number of anilines is 1. The van der Waals surface area contributed by atoms with Crippen molar-refractivity contribution in [2.24, 2.45) is 11.8 Å². The van der Waals surface area contributed by atoms with Gasteiger partial charge in [0.15, 0.2) is 0 Å². The lowest BCUT2D eigenvalue weighted by molar-refractivity contribution is -0.142. The normalized spacial score (nSPS) is 30.0. The Kier molecular flexibility index (Phi) is 7.02. The van der Waals surface area contributed by atoms with Crippen LogP contribution in [0.25, 0.3) is 10.8 Å². The summed E-state index contributed by atoms with van der Waals surface area (Å²) >= 11 is 1.62. The number of aliphatic hydroxyl groups excluding tert-OH is 1. The van der Waals surface area contributed by atoms with Crippen LogP contribution in [-0.4, -0.2) is 82.0 Å². The Morgan fingerprint density at radius 1 is 0.923 bits per heavy atom. The highest BCUT2D eigenvalue weighted by Gasteiger charge is 2.70. The number of benzene rings is 2. The monoisotopic (exact) mass is 545 g/mol. The van der Waals surface area contributed by atoms with Gasteiger partial charge >= 0.3 is 0 Å². The van der Waals surface area contributed by atoms with Gasteiger partial charge in [-0.2, -0.15) is 0 Å². The minimum absolute atomic E-state index is 0.0206. The van der Waals surface area contributed by atoms with Gasteiger partial charge in [0.25, 0.3) is 5.91 Å². The predicted octanol–water partition coefficient (Wildman–Crippen LogP) is 3.62. The van der Waals surface area contributed by atoms with Gasteiger partial charge in [-0.3, -0.25) is 14.4 Å². The van der Waals surface area contributed by atoms with E-state index in [4.69, 9.17) is 5.11 Å². The minimum atomic E-state index is -0.793. The molecule has 5 atom stereocenters. The van der Waals surface area contributed by atoms with Crippen LogP contribution in [-0.2, 0) is 14.4 Å². The molecule has 1 spiro atoms. The van der Waals surface area contributed by atoms with Crippen molar-refractivity contribution in [2.75, 3.05) is 38.2 Å². The van der Waals surface area contributed by atoms with Gasteiger partial charge in [-0.15, -0.1) is 11.8 Å². The lowest BCUT2D eigenvalue weighted by Gasteiger charge is -2.35. The summed E-state index contributed by atoms with van der Waals surface area (Å²) in [6, 6.07) is 13.5. The number of hydrogen-bond acceptors (Lipinski definition) is 5. The number of unbranched alkanes of at least 4 members (excludes halogenated alkanes) is 3. The smallest absolute Gasteiger partial charge is 0.251 e. The number of amides is 3. The van der Waals surface area contributed by atoms with Crippen LogP contribution in [0.15, 0.2) is 66.8 Å². The molecule has 4 aliphatic heterocycles. The first-order valence-corrected chi connectivity index (χ1v) is 14.8. The molecular weight excluding hydrogens is 510 g/mol. The van der Waals surface area contributed by atoms with E-state index in [0.717, 1.165) is 42.1 Å². The molecule has 4 aliphatic rings. The van der Waals surface area contributed by atoms with Gasteiger partial charge in [0.2, 0.25) is 11.8 Å². The molecule has 0 aliphatic carbocycles. The maximum atomic E-state index is 14.5. The molecule has 0 bridgehead atoms. The Bertz CT molecular complexity index is 1360. The van der Waals surface area contributed by atoms with E-state index in [9.17, 15) is 14.4 Å². The van der Waals surface area contributed by atoms with Crippen molar-refractivity contribution >= 4 is 45.9 Å². The van der Waals surface area contributed by atoms with Crippen LogP contribution in [0.3, 0.4) is 0 Å². The van der Waals surface area contributed by atoms with Crippen LogP contribution >= 0.6 is 11.8 Å². The molecule has 7 nitrogen and oxygen atoms in total. The molecule has 2 fully saturated rings. The van der Waals surface area contributed by atoms with Gasteiger partial charge in [0.1, 0.15) is 6.04 Å². The molecule has 1 N–H and O–H groups in total. The maximum Gasteiger partial charge on any atom is 0.251 e. The highest BCUT2D eigenvalue weighted by atomic mass is 32.2. The molecular formula is C31H35N3O4S. The number of nitrogens with zero attached hydrogens (tertiary/aromatic N) is 3. The third-order valence-corrected chi connectivity index (χ3v) is 10.5. The second-order valence-corrected chi connectivity index (χ2v) is 12.5. The standard InChI is InChI=1S/C31H35N3O4S/c1-32-16-8-12-24-25(28(32)36)26-29(37)34(17-6-2-3-7-19-35)27-30(38)33(18-9-15-31(26,27)39-24)23-14-13-21-10-4-5-11-22(21)20-23/h4-5,8-15,20,24-27,35H,2-3,6-7,16-19H2,1H3/t24-,25+,26-,27?,31-/m0/s1. The molecule has 8 heteroatoms. The van der Waals surface area contributed by atoms with Crippen molar-refractivity contribution < 1.29 is 19.5 Å². The average molecular weight is 546 g/mol. The van der Waals surface area contributed by atoms with Crippen molar-refractivity contribution in [1.29, 1.82) is 0 Å². The van der Waals surface area contributed by atoms with Gasteiger partial charge in [0, 0.05) is 44.2 Å². The number of rotatable bonds is 7. The molecule has 204 valence electrons. The Morgan fingerprint density at radius 2 is 1.72 bits per heavy atom. The van der Waals surface area contributed by atoms with E-state index in [1.807, 2.05) is 48.6 Å². The van der Waals surface area contributed by atoms with E-state index >= 15 is 0 Å². The van der Waals surface area contributed by atoms with Gasteiger partial charge in [-0.05, 0) is 35.7 Å². The van der Waals surface area contributed by atoms with Gasteiger partial charge in [-0.25, -0.2) is 0 Å². The van der Waals surface area contributed by atoms with Crippen molar-refractivity contribution in [3.05, 3.63) is 66.8 Å². The molecule has 3 amide bonds. The summed E-state index contributed by atoms with van der Waals surface area (Å²) < 4.78 is -0.793. The van der Waals surface area contributed by atoms with Crippen LogP contribution in [0.1, 0.15) is 25.7 Å². The van der Waals surface area contributed by atoms with Crippen LogP contribution in [0.4, 0.5) is 5.69 Å². The summed E-state index contributed by atoms with van der Waals surface area (Å²) in [7, 11) is 1.79. The minimum Gasteiger partial charge on any atom is -0.396 e. The molecule has 1 unspecified atom stereocenters. The molecule has 0 saturated carbocycles. The Labute approximate surface area is 233 Å². The van der Waals surface area contributed by atoms with Crippen LogP contribution in [0.2, 0.25) is 0 Å². The molecule has 0 radical (unpaired) electrons. The van der Waals surface area contributed by atoms with Crippen molar-refractivity contribution in [1.82, 2.24) is 9.80 Å². The summed E-state index contributed by atoms with van der Waals surface area (Å²) in [5.41, 5.74) is 0.812. The van der Waals surface area contributed by atoms with Crippen molar-refractivity contribution in [3.63, 3.8) is 0 Å². The zero-order valence-electron chi connectivity index (χ0n) is 22.2. The maximum absolute atomic E-state index is 14.5. The quantitative estimate of drug-likeness (QED) is 0.425. The molecule has 6 rings (SSSR count). The average Bonchev–Trinajstić information content (AvgIpc) is 3.26. The summed E-state index contributed by atoms with van der Waals surface area (Å²) in [4.78, 5) is 47.6. The molecule has 2 aromatic carbocycles. The van der Waals surface area contributed by atoms with E-state index < -0.39 is 22.6 Å². The lowest BCUT2D eigenvalue weighted by atomic mass is 9.78. The summed E-state index contributed by atoms with van der Waals surface area (Å²) in [6.07, 6.45) is 11.4. The Hall–Kier alpha value is -3.10. The topological polar surface area (TPSA) is 81.2 Å². The summed E-state index contributed by atoms with van der Waals surface area (Å²) in [5, 5.41) is 11.2. The third kappa shape index (κ3) is 4.28. The first-order valence-electron chi connectivity index (χ1n) is 13.9. The fourth-order valence-corrected chi connectivity index (χ4v) is 8.83. The molecule has 2 saturated heterocycles. The number of aliphatic hydroxyl groups is 1. The predicted molar refractivity (Wildman–Crippen MR) is 154 cm³/mol. The van der Waals surface area contributed by atoms with Gasteiger partial charge < -0.3 is 19.8 Å². The number of likely N-dealkylation sites (N-methyl/N-ethyl adjacent to an activating group) is 1. The van der Waals surface area contributed by atoms with Gasteiger partial charge in [0.05, 0.1) is 16.6 Å². The fraction of sp³-hybridized carbons (Fsp3) is 0.452. The van der Waals surface area contributed by atoms with E-state index in [1.165, 1.54) is 0 Å². The second-order valence-electron chi connectivity index (χ2n) is 11.0. The van der Waals surface area contributed by atoms with E-state index in [-0.39, 0.29) is 29.6 Å². The summed E-state index contributed by atoms with van der Waals surface area (Å²) in [5.74, 6) is -1.26. The molecule has 2 aromatic rings.